The van der Waals surface area contributed by atoms with Gasteiger partial charge in [0.05, 0.1) is 23.2 Å². The molecular weight excluding hydrogens is 385 g/mol. The number of anilines is 1. The van der Waals surface area contributed by atoms with E-state index in [1.54, 1.807) is 31.2 Å². The van der Waals surface area contributed by atoms with Crippen LogP contribution in [-0.4, -0.2) is 23.4 Å². The molecule has 2 unspecified atom stereocenters. The fourth-order valence-electron chi connectivity index (χ4n) is 4.13. The van der Waals surface area contributed by atoms with Crippen molar-refractivity contribution in [2.24, 2.45) is 16.9 Å². The van der Waals surface area contributed by atoms with Gasteiger partial charge in [0, 0.05) is 5.56 Å². The molecule has 0 aromatic heterocycles. The van der Waals surface area contributed by atoms with E-state index in [2.05, 4.69) is 10.5 Å². The minimum Gasteiger partial charge on any atom is -0.274 e. The number of fused-ring (bicyclic) bond motifs is 1. The molecule has 30 heavy (non-hydrogen) atoms. The van der Waals surface area contributed by atoms with Crippen LogP contribution in [0.5, 0.6) is 0 Å². The third kappa shape index (κ3) is 3.75. The first-order valence-corrected chi connectivity index (χ1v) is 10.0. The fraction of sp³-hybridized carbons (Fsp3) is 0.304. The van der Waals surface area contributed by atoms with E-state index in [0.717, 1.165) is 31.2 Å². The Bertz CT molecular complexity index is 991. The van der Waals surface area contributed by atoms with Crippen LogP contribution in [0.1, 0.15) is 48.5 Å². The van der Waals surface area contributed by atoms with Crippen molar-refractivity contribution in [2.45, 2.75) is 32.6 Å². The molecule has 2 aromatic rings. The van der Waals surface area contributed by atoms with Gasteiger partial charge in [0.15, 0.2) is 0 Å². The lowest BCUT2D eigenvalue weighted by molar-refractivity contribution is -0.122. The van der Waals surface area contributed by atoms with Crippen molar-refractivity contribution in [2.75, 3.05) is 4.90 Å². The zero-order valence-corrected chi connectivity index (χ0v) is 16.6. The van der Waals surface area contributed by atoms with Crippen molar-refractivity contribution in [1.82, 2.24) is 5.43 Å². The van der Waals surface area contributed by atoms with Gasteiger partial charge in [0.1, 0.15) is 5.82 Å². The van der Waals surface area contributed by atoms with Crippen LogP contribution in [-0.2, 0) is 9.59 Å². The molecule has 2 fully saturated rings. The normalized spacial score (nSPS) is 21.5. The van der Waals surface area contributed by atoms with Crippen LogP contribution in [0.3, 0.4) is 0 Å². The van der Waals surface area contributed by atoms with E-state index in [4.69, 9.17) is 0 Å². The summed E-state index contributed by atoms with van der Waals surface area (Å²) in [6.07, 6.45) is 3.55. The number of hydrazone groups is 1. The molecule has 1 N–H and O–H groups in total. The molecule has 2 atom stereocenters. The van der Waals surface area contributed by atoms with E-state index in [1.165, 1.54) is 29.2 Å². The van der Waals surface area contributed by atoms with Crippen LogP contribution in [0.15, 0.2) is 53.6 Å². The molecule has 0 spiro atoms. The second-order valence-corrected chi connectivity index (χ2v) is 7.70. The quantitative estimate of drug-likeness (QED) is 0.477. The molecule has 2 aromatic carbocycles. The molecule has 2 aliphatic rings. The van der Waals surface area contributed by atoms with Crippen LogP contribution >= 0.6 is 0 Å². The number of amides is 3. The fourth-order valence-corrected chi connectivity index (χ4v) is 4.13. The Hall–Kier alpha value is -3.35. The second kappa shape index (κ2) is 8.18. The van der Waals surface area contributed by atoms with Crippen LogP contribution in [0.2, 0.25) is 0 Å². The number of carbonyl (C=O) groups is 3. The molecule has 3 amide bonds. The number of nitrogens with one attached hydrogen (secondary N) is 1. The summed E-state index contributed by atoms with van der Waals surface area (Å²) in [4.78, 5) is 38.8. The van der Waals surface area contributed by atoms with Gasteiger partial charge in [0.25, 0.3) is 5.91 Å². The van der Waals surface area contributed by atoms with Crippen molar-refractivity contribution >= 4 is 29.1 Å². The largest absolute Gasteiger partial charge is 0.274 e. The third-order valence-electron chi connectivity index (χ3n) is 5.82. The van der Waals surface area contributed by atoms with Crippen LogP contribution in [0.4, 0.5) is 10.1 Å². The topological polar surface area (TPSA) is 78.8 Å². The zero-order chi connectivity index (χ0) is 21.3. The monoisotopic (exact) mass is 407 g/mol. The molecule has 0 bridgehead atoms. The number of benzene rings is 2. The van der Waals surface area contributed by atoms with E-state index in [9.17, 15) is 18.8 Å². The number of hydrogen-bond acceptors (Lipinski definition) is 4. The Morgan fingerprint density at radius 3 is 2.03 bits per heavy atom. The van der Waals surface area contributed by atoms with Gasteiger partial charge in [-0.15, -0.1) is 0 Å². The first-order valence-electron chi connectivity index (χ1n) is 10.0. The van der Waals surface area contributed by atoms with E-state index in [1.807, 2.05) is 0 Å². The Balaban J connectivity index is 1.46. The Kier molecular flexibility index (Phi) is 5.44. The molecule has 1 aliphatic heterocycles. The molecule has 0 radical (unpaired) electrons. The van der Waals surface area contributed by atoms with E-state index < -0.39 is 11.7 Å². The standard InChI is InChI=1S/C23H22FN3O3/c1-14(25-26-21(28)16-6-10-17(24)11-7-16)15-8-12-18(13-9-15)27-22(29)19-4-2-3-5-20(19)23(27)30/h6-13,19-20H,2-5H2,1H3,(H,26,28)/b25-14+. The summed E-state index contributed by atoms with van der Waals surface area (Å²) in [7, 11) is 0. The highest BCUT2D eigenvalue weighted by molar-refractivity contribution is 6.22. The second-order valence-electron chi connectivity index (χ2n) is 7.70. The van der Waals surface area contributed by atoms with Crippen molar-refractivity contribution in [3.05, 3.63) is 65.5 Å². The number of rotatable bonds is 4. The molecule has 1 saturated carbocycles. The van der Waals surface area contributed by atoms with Crippen molar-refractivity contribution in [3.8, 4) is 0 Å². The van der Waals surface area contributed by atoms with Gasteiger partial charge in [-0.2, -0.15) is 5.10 Å². The molecule has 4 rings (SSSR count). The summed E-state index contributed by atoms with van der Waals surface area (Å²) in [6.45, 7) is 1.74. The molecule has 1 heterocycles. The Labute approximate surface area is 173 Å². The molecule has 1 aliphatic carbocycles. The molecule has 1 saturated heterocycles. The first-order chi connectivity index (χ1) is 14.5. The van der Waals surface area contributed by atoms with Crippen molar-refractivity contribution in [3.63, 3.8) is 0 Å². The van der Waals surface area contributed by atoms with Gasteiger partial charge in [0.2, 0.25) is 11.8 Å². The minimum absolute atomic E-state index is 0.102. The smallest absolute Gasteiger partial charge is 0.271 e. The van der Waals surface area contributed by atoms with Crippen LogP contribution < -0.4 is 10.3 Å². The average Bonchev–Trinajstić information content (AvgIpc) is 3.03. The van der Waals surface area contributed by atoms with Crippen LogP contribution in [0, 0.1) is 17.7 Å². The molecule has 154 valence electrons. The average molecular weight is 407 g/mol. The van der Waals surface area contributed by atoms with Gasteiger partial charge >= 0.3 is 0 Å². The van der Waals surface area contributed by atoms with Gasteiger partial charge in [-0.05, 0) is 61.7 Å². The lowest BCUT2D eigenvalue weighted by atomic mass is 9.81. The predicted octanol–water partition coefficient (Wildman–Crippen LogP) is 3.66. The number of halogens is 1. The lowest BCUT2D eigenvalue weighted by Gasteiger charge is -2.19. The summed E-state index contributed by atoms with van der Waals surface area (Å²) in [6, 6.07) is 12.2. The molecule has 7 heteroatoms. The van der Waals surface area contributed by atoms with Gasteiger partial charge < -0.3 is 0 Å². The molecule has 6 nitrogen and oxygen atoms in total. The van der Waals surface area contributed by atoms with Gasteiger partial charge in [-0.3, -0.25) is 19.3 Å². The summed E-state index contributed by atoms with van der Waals surface area (Å²) < 4.78 is 13.0. The minimum atomic E-state index is -0.443. The maximum Gasteiger partial charge on any atom is 0.271 e. The van der Waals surface area contributed by atoms with E-state index >= 15 is 0 Å². The highest BCUT2D eigenvalue weighted by atomic mass is 19.1. The highest BCUT2D eigenvalue weighted by Gasteiger charge is 2.48. The number of imide groups is 1. The van der Waals surface area contributed by atoms with E-state index in [-0.39, 0.29) is 23.7 Å². The number of carbonyl (C=O) groups excluding carboxylic acids is 3. The summed E-state index contributed by atoms with van der Waals surface area (Å²) in [5, 5.41) is 4.09. The Morgan fingerprint density at radius 1 is 0.933 bits per heavy atom. The summed E-state index contributed by atoms with van der Waals surface area (Å²) in [5.41, 5.74) is 4.61. The number of hydrogen-bond donors (Lipinski definition) is 1. The molecular formula is C23H22FN3O3. The maximum absolute atomic E-state index is 13.0. The number of nitrogens with zero attached hydrogens (tertiary/aromatic N) is 2. The SMILES string of the molecule is C/C(=N\NC(=O)c1ccc(F)cc1)c1ccc(N2C(=O)C3CCCCC3C2=O)cc1. The summed E-state index contributed by atoms with van der Waals surface area (Å²) in [5.74, 6) is -1.43. The van der Waals surface area contributed by atoms with Gasteiger partial charge in [-0.25, -0.2) is 9.82 Å². The maximum atomic E-state index is 13.0. The summed E-state index contributed by atoms with van der Waals surface area (Å²) >= 11 is 0. The van der Waals surface area contributed by atoms with Crippen molar-refractivity contribution < 1.29 is 18.8 Å². The first kappa shape index (κ1) is 19.9. The highest BCUT2D eigenvalue weighted by Crippen LogP contribution is 2.40. The van der Waals surface area contributed by atoms with Crippen molar-refractivity contribution in [1.29, 1.82) is 0 Å². The zero-order valence-electron chi connectivity index (χ0n) is 16.6. The third-order valence-corrected chi connectivity index (χ3v) is 5.82. The lowest BCUT2D eigenvalue weighted by Crippen LogP contribution is -2.30. The predicted molar refractivity (Wildman–Crippen MR) is 110 cm³/mol. The van der Waals surface area contributed by atoms with Crippen LogP contribution in [0.25, 0.3) is 0 Å². The Morgan fingerprint density at radius 2 is 1.47 bits per heavy atom. The van der Waals surface area contributed by atoms with E-state index in [0.29, 0.717) is 17.0 Å². The van der Waals surface area contributed by atoms with Gasteiger partial charge in [-0.1, -0.05) is 25.0 Å².